The van der Waals surface area contributed by atoms with Crippen molar-refractivity contribution in [2.24, 2.45) is 5.92 Å². The standard InChI is InChI=1S/C39H50N8O2/c1-6-32(4)47-38(48)45(29-42-47)36-13-11-34(12-14-36)43-23-25-44(26-24-43)35-15-17-37(18-16-35)49-27-31(3)19-20-39(5,28-46-40-21-22-41-46)33-9-7-30(2)8-10-33/h7-18,21-22,29,31-32H,6,19-20,23-28H2,1-5H3. The molecule has 1 saturated heterocycles. The maximum Gasteiger partial charge on any atom is 0.350 e. The highest BCUT2D eigenvalue weighted by atomic mass is 16.5. The van der Waals surface area contributed by atoms with Gasteiger partial charge in [0.15, 0.2) is 0 Å². The first-order valence-electron chi connectivity index (χ1n) is 17.6. The van der Waals surface area contributed by atoms with Crippen LogP contribution in [-0.2, 0) is 12.0 Å². The van der Waals surface area contributed by atoms with Crippen LogP contribution < -0.4 is 20.2 Å². The number of aryl methyl sites for hydroxylation is 1. The van der Waals surface area contributed by atoms with Gasteiger partial charge in [0.25, 0.3) is 0 Å². The molecular formula is C39H50N8O2. The van der Waals surface area contributed by atoms with Crippen molar-refractivity contribution in [2.75, 3.05) is 42.6 Å². The summed E-state index contributed by atoms with van der Waals surface area (Å²) in [5.74, 6) is 1.31. The van der Waals surface area contributed by atoms with Crippen LogP contribution in [0.3, 0.4) is 0 Å². The van der Waals surface area contributed by atoms with Gasteiger partial charge in [-0.1, -0.05) is 50.6 Å². The van der Waals surface area contributed by atoms with E-state index in [1.165, 1.54) is 22.5 Å². The van der Waals surface area contributed by atoms with E-state index in [0.717, 1.165) is 63.4 Å². The van der Waals surface area contributed by atoms with Gasteiger partial charge in [0.2, 0.25) is 0 Å². The highest BCUT2D eigenvalue weighted by molar-refractivity contribution is 5.54. The maximum absolute atomic E-state index is 12.8. The Labute approximate surface area is 289 Å². The number of rotatable bonds is 14. The first kappa shape index (κ1) is 34.0. The van der Waals surface area contributed by atoms with E-state index in [1.54, 1.807) is 32.8 Å². The second-order valence-electron chi connectivity index (χ2n) is 13.9. The minimum Gasteiger partial charge on any atom is -0.493 e. The largest absolute Gasteiger partial charge is 0.493 e. The summed E-state index contributed by atoms with van der Waals surface area (Å²) in [7, 11) is 0. The molecular weight excluding hydrogens is 612 g/mol. The van der Waals surface area contributed by atoms with Gasteiger partial charge in [0, 0.05) is 43.0 Å². The molecule has 0 N–H and O–H groups in total. The van der Waals surface area contributed by atoms with E-state index in [2.05, 4.69) is 113 Å². The molecule has 6 rings (SSSR count). The number of nitrogens with zero attached hydrogens (tertiary/aromatic N) is 8. The van der Waals surface area contributed by atoms with E-state index < -0.39 is 0 Å². The van der Waals surface area contributed by atoms with Gasteiger partial charge in [-0.25, -0.2) is 14.0 Å². The van der Waals surface area contributed by atoms with E-state index in [0.29, 0.717) is 12.5 Å². The lowest BCUT2D eigenvalue weighted by atomic mass is 9.77. The third-order valence-corrected chi connectivity index (χ3v) is 10.1. The van der Waals surface area contributed by atoms with E-state index >= 15 is 0 Å². The van der Waals surface area contributed by atoms with E-state index in [4.69, 9.17) is 4.74 Å². The van der Waals surface area contributed by atoms with Gasteiger partial charge in [-0.3, -0.25) is 0 Å². The molecule has 10 heteroatoms. The van der Waals surface area contributed by atoms with Crippen molar-refractivity contribution < 1.29 is 4.74 Å². The SMILES string of the molecule is CCC(C)n1ncn(-c2ccc(N3CCN(c4ccc(OCC(C)CCC(C)(Cn5nccn5)c5ccc(C)cc5)cc4)CC3)cc2)c1=O. The highest BCUT2D eigenvalue weighted by Gasteiger charge is 2.29. The second-order valence-corrected chi connectivity index (χ2v) is 13.9. The molecule has 3 unspecified atom stereocenters. The number of hydrogen-bond donors (Lipinski definition) is 0. The van der Waals surface area contributed by atoms with Gasteiger partial charge in [-0.15, -0.1) is 0 Å². The Morgan fingerprint density at radius 3 is 1.96 bits per heavy atom. The third-order valence-electron chi connectivity index (χ3n) is 10.1. The molecule has 3 heterocycles. The molecule has 5 aromatic rings. The topological polar surface area (TPSA) is 86.2 Å². The molecule has 3 aromatic carbocycles. The minimum absolute atomic E-state index is 0.0745. The molecule has 0 amide bonds. The van der Waals surface area contributed by atoms with Crippen molar-refractivity contribution in [3.8, 4) is 11.4 Å². The molecule has 1 fully saturated rings. The van der Waals surface area contributed by atoms with Crippen LogP contribution in [0.25, 0.3) is 5.69 Å². The fraction of sp³-hybridized carbons (Fsp3) is 0.436. The number of hydrogen-bond acceptors (Lipinski definition) is 7. The van der Waals surface area contributed by atoms with Crippen LogP contribution in [-0.4, -0.2) is 62.1 Å². The maximum atomic E-state index is 12.8. The van der Waals surface area contributed by atoms with Crippen molar-refractivity contribution in [2.45, 2.75) is 71.9 Å². The lowest BCUT2D eigenvalue weighted by Crippen LogP contribution is -2.46. The quantitative estimate of drug-likeness (QED) is 0.131. The summed E-state index contributed by atoms with van der Waals surface area (Å²) in [6.45, 7) is 15.9. The van der Waals surface area contributed by atoms with Gasteiger partial charge in [-0.05, 0) is 93.1 Å². The molecule has 3 atom stereocenters. The summed E-state index contributed by atoms with van der Waals surface area (Å²) in [6.07, 6.45) is 8.02. The zero-order valence-electron chi connectivity index (χ0n) is 29.6. The average molecular weight is 663 g/mol. The highest BCUT2D eigenvalue weighted by Crippen LogP contribution is 2.33. The van der Waals surface area contributed by atoms with Gasteiger partial charge in [0.1, 0.15) is 12.1 Å². The normalized spacial score (nSPS) is 15.9. The smallest absolute Gasteiger partial charge is 0.350 e. The molecule has 258 valence electrons. The first-order chi connectivity index (χ1) is 23.7. The van der Waals surface area contributed by atoms with Crippen molar-refractivity contribution >= 4 is 11.4 Å². The molecule has 49 heavy (non-hydrogen) atoms. The lowest BCUT2D eigenvalue weighted by molar-refractivity contribution is 0.228. The van der Waals surface area contributed by atoms with Crippen molar-refractivity contribution in [1.82, 2.24) is 29.3 Å². The number of anilines is 2. The number of aromatic nitrogens is 6. The molecule has 0 saturated carbocycles. The Morgan fingerprint density at radius 1 is 0.796 bits per heavy atom. The zero-order chi connectivity index (χ0) is 34.4. The summed E-state index contributed by atoms with van der Waals surface area (Å²) in [5.41, 5.74) is 5.63. The summed E-state index contributed by atoms with van der Waals surface area (Å²) in [5, 5.41) is 13.1. The van der Waals surface area contributed by atoms with Crippen LogP contribution in [0.5, 0.6) is 5.75 Å². The molecule has 0 spiro atoms. The van der Waals surface area contributed by atoms with Gasteiger partial charge < -0.3 is 14.5 Å². The molecule has 1 aliphatic rings. The lowest BCUT2D eigenvalue weighted by Gasteiger charge is -2.37. The Kier molecular flexibility index (Phi) is 10.5. The monoisotopic (exact) mass is 662 g/mol. The number of ether oxygens (including phenoxy) is 1. The van der Waals surface area contributed by atoms with Crippen molar-refractivity contribution in [3.05, 3.63) is 113 Å². The van der Waals surface area contributed by atoms with E-state index in [-0.39, 0.29) is 17.1 Å². The summed E-state index contributed by atoms with van der Waals surface area (Å²) in [4.78, 5) is 19.4. The van der Waals surface area contributed by atoms with Crippen molar-refractivity contribution in [1.29, 1.82) is 0 Å². The Morgan fingerprint density at radius 2 is 1.37 bits per heavy atom. The van der Waals surface area contributed by atoms with Gasteiger partial charge >= 0.3 is 5.69 Å². The van der Waals surface area contributed by atoms with E-state index in [1.807, 2.05) is 19.1 Å². The number of benzene rings is 3. The van der Waals surface area contributed by atoms with Crippen LogP contribution in [0.15, 0.2) is 96.3 Å². The van der Waals surface area contributed by atoms with Crippen LogP contribution in [0.1, 0.15) is 64.1 Å². The van der Waals surface area contributed by atoms with Crippen LogP contribution in [0.2, 0.25) is 0 Å². The molecule has 0 bridgehead atoms. The minimum atomic E-state index is -0.0987. The molecule has 1 aliphatic heterocycles. The fourth-order valence-corrected chi connectivity index (χ4v) is 6.56. The summed E-state index contributed by atoms with van der Waals surface area (Å²) < 4.78 is 9.43. The predicted molar refractivity (Wildman–Crippen MR) is 196 cm³/mol. The zero-order valence-corrected chi connectivity index (χ0v) is 29.6. The first-order valence-corrected chi connectivity index (χ1v) is 17.6. The molecule has 0 aliphatic carbocycles. The third kappa shape index (κ3) is 8.07. The van der Waals surface area contributed by atoms with Gasteiger partial charge in [-0.2, -0.15) is 20.1 Å². The summed E-state index contributed by atoms with van der Waals surface area (Å²) in [6, 6.07) is 25.7. The fourth-order valence-electron chi connectivity index (χ4n) is 6.56. The van der Waals surface area contributed by atoms with Crippen LogP contribution in [0.4, 0.5) is 11.4 Å². The van der Waals surface area contributed by atoms with Gasteiger partial charge in [0.05, 0.1) is 37.3 Å². The average Bonchev–Trinajstić information content (AvgIpc) is 3.79. The van der Waals surface area contributed by atoms with Crippen LogP contribution in [0, 0.1) is 12.8 Å². The molecule has 0 radical (unpaired) electrons. The second kappa shape index (κ2) is 15.1. The Balaban J connectivity index is 0.977. The molecule has 10 nitrogen and oxygen atoms in total. The van der Waals surface area contributed by atoms with E-state index in [9.17, 15) is 4.79 Å². The Bertz CT molecular complexity index is 1800. The predicted octanol–water partition coefficient (Wildman–Crippen LogP) is 6.68. The summed E-state index contributed by atoms with van der Waals surface area (Å²) >= 11 is 0. The molecule has 2 aromatic heterocycles. The number of piperazine rings is 1. The Hall–Kier alpha value is -4.86. The van der Waals surface area contributed by atoms with Crippen molar-refractivity contribution in [3.63, 3.8) is 0 Å². The van der Waals surface area contributed by atoms with Crippen LogP contribution >= 0.6 is 0 Å².